The molecule has 7 nitrogen and oxygen atoms in total. The highest BCUT2D eigenvalue weighted by atomic mass is 35.5. The van der Waals surface area contributed by atoms with E-state index in [0.29, 0.717) is 30.0 Å². The lowest BCUT2D eigenvalue weighted by Crippen LogP contribution is -2.39. The van der Waals surface area contributed by atoms with Gasteiger partial charge in [-0.25, -0.2) is 4.79 Å². The second kappa shape index (κ2) is 8.77. The van der Waals surface area contributed by atoms with Crippen LogP contribution in [0.25, 0.3) is 17.0 Å². The number of para-hydroxylation sites is 1. The monoisotopic (exact) mass is 500 g/mol. The van der Waals surface area contributed by atoms with Crippen molar-refractivity contribution in [3.05, 3.63) is 99.7 Å². The molecule has 2 aliphatic heterocycles. The Morgan fingerprint density at radius 3 is 2.75 bits per heavy atom. The topological polar surface area (TPSA) is 91.9 Å². The first-order valence-electron chi connectivity index (χ1n) is 11.5. The number of nitrogens with zero attached hydrogens (tertiary/aromatic N) is 1. The van der Waals surface area contributed by atoms with Gasteiger partial charge in [0, 0.05) is 29.2 Å². The van der Waals surface area contributed by atoms with Crippen LogP contribution in [0.5, 0.6) is 11.5 Å². The van der Waals surface area contributed by atoms with Crippen molar-refractivity contribution in [2.75, 3.05) is 13.3 Å². The summed E-state index contributed by atoms with van der Waals surface area (Å²) in [6.07, 6.45) is 3.80. The van der Waals surface area contributed by atoms with Gasteiger partial charge >= 0.3 is 5.97 Å². The number of hydrogen-bond acceptors (Lipinski definition) is 4. The third kappa shape index (κ3) is 3.78. The average Bonchev–Trinajstić information content (AvgIpc) is 3.51. The normalized spacial score (nSPS) is 16.5. The van der Waals surface area contributed by atoms with Crippen LogP contribution in [0.1, 0.15) is 38.8 Å². The van der Waals surface area contributed by atoms with E-state index in [1.165, 1.54) is 23.8 Å². The number of aromatic nitrogens is 1. The third-order valence-corrected chi connectivity index (χ3v) is 7.00. The number of carbonyl (C=O) groups is 2. The van der Waals surface area contributed by atoms with E-state index < -0.39 is 5.97 Å². The van der Waals surface area contributed by atoms with Crippen molar-refractivity contribution in [1.29, 1.82) is 0 Å². The predicted octanol–water partition coefficient (Wildman–Crippen LogP) is 5.44. The Hall–Kier alpha value is -4.23. The third-order valence-electron chi connectivity index (χ3n) is 6.67. The molecule has 2 aliphatic rings. The Balaban J connectivity index is 1.39. The summed E-state index contributed by atoms with van der Waals surface area (Å²) in [5.74, 6) is 0.0304. The highest BCUT2D eigenvalue weighted by Crippen LogP contribution is 2.42. The number of rotatable bonds is 4. The zero-order valence-electron chi connectivity index (χ0n) is 19.0. The summed E-state index contributed by atoms with van der Waals surface area (Å²) in [5, 5.41) is 10.7. The number of H-pyrrole nitrogens is 1. The van der Waals surface area contributed by atoms with E-state index in [1.807, 2.05) is 41.3 Å². The fourth-order valence-electron chi connectivity index (χ4n) is 4.98. The van der Waals surface area contributed by atoms with E-state index in [1.54, 1.807) is 12.1 Å². The Kier molecular flexibility index (Phi) is 5.42. The van der Waals surface area contributed by atoms with Crippen LogP contribution in [0.15, 0.2) is 66.7 Å². The number of hydrogen-bond donors (Lipinski definition) is 2. The van der Waals surface area contributed by atoms with Crippen LogP contribution in [-0.2, 0) is 11.2 Å². The number of fused-ring (bicyclic) bond motifs is 4. The molecule has 0 saturated heterocycles. The predicted molar refractivity (Wildman–Crippen MR) is 136 cm³/mol. The van der Waals surface area contributed by atoms with Crippen molar-refractivity contribution in [2.24, 2.45) is 0 Å². The molecule has 8 heteroatoms. The van der Waals surface area contributed by atoms with Gasteiger partial charge in [-0.05, 0) is 59.5 Å². The van der Waals surface area contributed by atoms with Crippen LogP contribution in [0.3, 0.4) is 0 Å². The number of amides is 1. The minimum absolute atomic E-state index is 0.00908. The molecule has 1 atom stereocenters. The summed E-state index contributed by atoms with van der Waals surface area (Å²) >= 11 is 5.98. The number of carboxylic acids is 1. The molecule has 180 valence electrons. The molecule has 0 aliphatic carbocycles. The minimum Gasteiger partial charge on any atom is -0.478 e. The fourth-order valence-corrected chi connectivity index (χ4v) is 5.18. The molecule has 0 radical (unpaired) electrons. The van der Waals surface area contributed by atoms with Crippen LogP contribution in [0, 0.1) is 0 Å². The van der Waals surface area contributed by atoms with Gasteiger partial charge in [-0.1, -0.05) is 41.9 Å². The van der Waals surface area contributed by atoms with E-state index in [-0.39, 0.29) is 29.3 Å². The molecule has 1 aromatic heterocycles. The van der Waals surface area contributed by atoms with Crippen molar-refractivity contribution in [3.8, 4) is 11.5 Å². The number of carboxylic acid groups (broad SMARTS) is 1. The summed E-state index contributed by atoms with van der Waals surface area (Å²) in [6.45, 7) is 0.698. The summed E-state index contributed by atoms with van der Waals surface area (Å²) in [5.41, 5.74) is 4.68. The molecule has 1 unspecified atom stereocenters. The number of halogens is 1. The lowest BCUT2D eigenvalue weighted by atomic mass is 9.92. The molecule has 2 N–H and O–H groups in total. The number of nitrogens with one attached hydrogen (secondary N) is 1. The first-order chi connectivity index (χ1) is 17.5. The fraction of sp³-hybridized carbons (Fsp3) is 0.143. The number of carbonyl (C=O) groups excluding carboxylic acids is 1. The average molecular weight is 501 g/mol. The van der Waals surface area contributed by atoms with Gasteiger partial charge in [-0.15, -0.1) is 0 Å². The van der Waals surface area contributed by atoms with Crippen molar-refractivity contribution in [3.63, 3.8) is 0 Å². The maximum absolute atomic E-state index is 13.5. The standard InChI is InChI=1S/C28H21ClN2O5/c29-21-8-5-16(13-20(21)28(33)34)6-10-25(32)31-12-11-19-18-3-1-2-4-22(18)30-26(19)27(31)17-7-9-23-24(14-17)36-15-35-23/h1-10,13-14,27,30H,11-12,15H2,(H,33,34). The Bertz CT molecular complexity index is 1560. The molecule has 6 rings (SSSR count). The van der Waals surface area contributed by atoms with Gasteiger partial charge in [-0.3, -0.25) is 4.79 Å². The smallest absolute Gasteiger partial charge is 0.337 e. The van der Waals surface area contributed by atoms with Gasteiger partial charge in [0.2, 0.25) is 12.7 Å². The summed E-state index contributed by atoms with van der Waals surface area (Å²) in [4.78, 5) is 30.3. The molecule has 0 spiro atoms. The molecule has 3 aromatic carbocycles. The Morgan fingerprint density at radius 1 is 1.06 bits per heavy atom. The zero-order valence-corrected chi connectivity index (χ0v) is 19.8. The van der Waals surface area contributed by atoms with Crippen LogP contribution >= 0.6 is 11.6 Å². The van der Waals surface area contributed by atoms with E-state index >= 15 is 0 Å². The lowest BCUT2D eigenvalue weighted by Gasteiger charge is -2.35. The molecule has 1 amide bonds. The maximum Gasteiger partial charge on any atom is 0.337 e. The molecule has 0 fully saturated rings. The highest BCUT2D eigenvalue weighted by Gasteiger charge is 2.34. The van der Waals surface area contributed by atoms with Gasteiger partial charge in [0.05, 0.1) is 16.6 Å². The lowest BCUT2D eigenvalue weighted by molar-refractivity contribution is -0.128. The number of aromatic amines is 1. The van der Waals surface area contributed by atoms with Crippen molar-refractivity contribution in [1.82, 2.24) is 9.88 Å². The zero-order chi connectivity index (χ0) is 24.8. The van der Waals surface area contributed by atoms with E-state index in [0.717, 1.165) is 22.2 Å². The van der Waals surface area contributed by atoms with Crippen LogP contribution in [-0.4, -0.2) is 40.2 Å². The van der Waals surface area contributed by atoms with E-state index in [9.17, 15) is 14.7 Å². The van der Waals surface area contributed by atoms with Gasteiger partial charge in [0.25, 0.3) is 0 Å². The van der Waals surface area contributed by atoms with Crippen LogP contribution in [0.4, 0.5) is 0 Å². The van der Waals surface area contributed by atoms with Crippen molar-refractivity contribution in [2.45, 2.75) is 12.5 Å². The first kappa shape index (κ1) is 22.2. The van der Waals surface area contributed by atoms with Crippen molar-refractivity contribution < 1.29 is 24.2 Å². The Labute approximate surface area is 211 Å². The van der Waals surface area contributed by atoms with Gasteiger partial charge in [0.1, 0.15) is 0 Å². The summed E-state index contributed by atoms with van der Waals surface area (Å²) in [6, 6.07) is 18.2. The molecule has 0 bridgehead atoms. The minimum atomic E-state index is -1.12. The van der Waals surface area contributed by atoms with E-state index in [4.69, 9.17) is 21.1 Å². The van der Waals surface area contributed by atoms with Crippen LogP contribution < -0.4 is 9.47 Å². The number of benzene rings is 3. The maximum atomic E-state index is 13.5. The SMILES string of the molecule is O=C(O)c1cc(C=CC(=O)N2CCc3c([nH]c4ccccc34)C2c2ccc3c(c2)OCO3)ccc1Cl. The first-order valence-corrected chi connectivity index (χ1v) is 11.9. The van der Waals surface area contributed by atoms with Gasteiger partial charge < -0.3 is 24.5 Å². The quantitative estimate of drug-likeness (QED) is 0.364. The van der Waals surface area contributed by atoms with Gasteiger partial charge in [0.15, 0.2) is 11.5 Å². The largest absolute Gasteiger partial charge is 0.478 e. The molecular formula is C28H21ClN2O5. The van der Waals surface area contributed by atoms with Crippen LogP contribution in [0.2, 0.25) is 5.02 Å². The summed E-state index contributed by atoms with van der Waals surface area (Å²) < 4.78 is 11.1. The second-order valence-corrected chi connectivity index (χ2v) is 9.14. The van der Waals surface area contributed by atoms with Gasteiger partial charge in [-0.2, -0.15) is 0 Å². The molecule has 0 saturated carbocycles. The Morgan fingerprint density at radius 2 is 1.89 bits per heavy atom. The number of ether oxygens (including phenoxy) is 2. The highest BCUT2D eigenvalue weighted by molar-refractivity contribution is 6.33. The molecular weight excluding hydrogens is 480 g/mol. The van der Waals surface area contributed by atoms with Crippen molar-refractivity contribution >= 4 is 40.5 Å². The molecule has 3 heterocycles. The second-order valence-electron chi connectivity index (χ2n) is 8.74. The number of aromatic carboxylic acids is 1. The molecule has 36 heavy (non-hydrogen) atoms. The molecule has 4 aromatic rings. The van der Waals surface area contributed by atoms with E-state index in [2.05, 4.69) is 11.1 Å². The summed E-state index contributed by atoms with van der Waals surface area (Å²) in [7, 11) is 0.